The molecule has 0 saturated heterocycles. The average molecular weight is 598 g/mol. The summed E-state index contributed by atoms with van der Waals surface area (Å²) >= 11 is 0. The maximum Gasteiger partial charge on any atom is 1.00 e. The molecule has 0 spiro atoms. The van der Waals surface area contributed by atoms with Crippen molar-refractivity contribution in [1.82, 2.24) is 0 Å². The van der Waals surface area contributed by atoms with Crippen LogP contribution in [0, 0.1) is 28.1 Å². The van der Waals surface area contributed by atoms with Crippen LogP contribution in [0.15, 0.2) is 0 Å². The summed E-state index contributed by atoms with van der Waals surface area (Å²) in [4.78, 5) is 92.1. The van der Waals surface area contributed by atoms with Crippen molar-refractivity contribution in [3.05, 3.63) is 0 Å². The Balaban J connectivity index is -0.000000175. The van der Waals surface area contributed by atoms with Gasteiger partial charge in [-0.2, -0.15) is 0 Å². The first-order valence-corrected chi connectivity index (χ1v) is 6.75. The van der Waals surface area contributed by atoms with Gasteiger partial charge < -0.3 is 79.2 Å². The van der Waals surface area contributed by atoms with Gasteiger partial charge in [0, 0.05) is 23.8 Å². The van der Waals surface area contributed by atoms with Crippen molar-refractivity contribution in [2.45, 2.75) is 0 Å². The van der Waals surface area contributed by atoms with E-state index >= 15 is 0 Å². The van der Waals surface area contributed by atoms with Crippen molar-refractivity contribution in [2.75, 3.05) is 0 Å². The zero-order valence-corrected chi connectivity index (χ0v) is 37.2. The van der Waals surface area contributed by atoms with Crippen LogP contribution in [0.1, 0.15) is 0 Å². The number of carbonyl (C=O) groups is 8. The number of carboxylic acids is 8. The minimum atomic E-state index is -5.30. The van der Waals surface area contributed by atoms with Crippen LogP contribution in [0.25, 0.3) is 0 Å². The van der Waals surface area contributed by atoms with E-state index in [0.717, 1.165) is 0 Å². The van der Waals surface area contributed by atoms with Crippen molar-refractivity contribution in [3.63, 3.8) is 0 Å². The van der Waals surface area contributed by atoms with Crippen molar-refractivity contribution in [2.24, 2.45) is 28.1 Å². The van der Waals surface area contributed by atoms with Crippen LogP contribution in [0.2, 0.25) is 0 Å². The van der Waals surface area contributed by atoms with Gasteiger partial charge in [-0.05, 0) is 0 Å². The first-order chi connectivity index (χ1) is 13.0. The maximum absolute atomic E-state index is 11.6. The van der Waals surface area contributed by atoms with Crippen molar-refractivity contribution in [3.8, 4) is 0 Å². The SMILES string of the molecule is O=C([O-])C1C(C(=O)[O-])(C(=O)[O-])C(C(=O)[O-])C(C(=O)[O-])(C(=O)[O-])C1(C(=O)[O-])C(=O)[O-].[Na+].[Na+].[Na+].[Na+].[Na+].[Na+].[Na+].[Na+]. The number of rotatable bonds is 8. The maximum atomic E-state index is 11.6. The number of carbonyl (C=O) groups excluding carboxylic acids is 8. The van der Waals surface area contributed by atoms with Gasteiger partial charge in [0.1, 0.15) is 0 Å². The molecule has 0 amide bonds. The third-order valence-electron chi connectivity index (χ3n) is 4.83. The van der Waals surface area contributed by atoms with Gasteiger partial charge in [-0.1, -0.05) is 0 Å². The quantitative estimate of drug-likeness (QED) is 0.185. The Labute approximate surface area is 383 Å². The summed E-state index contributed by atoms with van der Waals surface area (Å²) in [6, 6.07) is 0. The van der Waals surface area contributed by atoms with Crippen LogP contribution < -0.4 is 277 Å². The van der Waals surface area contributed by atoms with E-state index in [1.54, 1.807) is 0 Å². The van der Waals surface area contributed by atoms with Gasteiger partial charge in [-0.25, -0.2) is 0 Å². The van der Waals surface area contributed by atoms with Crippen LogP contribution in [0.5, 0.6) is 0 Å². The summed E-state index contributed by atoms with van der Waals surface area (Å²) in [6.45, 7) is 0. The molecule has 1 rings (SSSR count). The molecule has 1 fully saturated rings. The molecule has 0 N–H and O–H groups in total. The normalized spacial score (nSPS) is 18.4. The van der Waals surface area contributed by atoms with Crippen LogP contribution >= 0.6 is 0 Å². The van der Waals surface area contributed by atoms with E-state index in [2.05, 4.69) is 0 Å². The number of aliphatic carboxylic acids is 8. The standard InChI is InChI=1S/C13H10O16.8Na/c14-3(15)1-11(5(18)19,6(20)21)2(4(16)17)13(9(26)27,10(28)29)12(1,7(22)23)8(24)25;;;;;;;;/h1-2H,(H,14,15)(H,16,17)(H,18,19)(H,20,21)(H,22,23)(H,24,25)(H,26,27)(H,28,29);;;;;;;;/q;8*+1/p-8. The smallest absolute Gasteiger partial charge is 0.550 e. The molecular weight excluding hydrogens is 596 g/mol. The van der Waals surface area contributed by atoms with Gasteiger partial charge >= 0.3 is 236 Å². The van der Waals surface area contributed by atoms with Crippen molar-refractivity contribution >= 4 is 47.8 Å². The van der Waals surface area contributed by atoms with E-state index in [0.29, 0.717) is 0 Å². The van der Waals surface area contributed by atoms with E-state index in [4.69, 9.17) is 0 Å². The molecule has 0 aliphatic heterocycles. The molecule has 158 valence electrons. The Morgan fingerprint density at radius 1 is 0.351 bits per heavy atom. The van der Waals surface area contributed by atoms with Gasteiger partial charge in [-0.15, -0.1) is 0 Å². The van der Waals surface area contributed by atoms with Crippen LogP contribution in [-0.2, 0) is 38.4 Å². The number of carboxylic acid groups (broad SMARTS) is 8. The fourth-order valence-electron chi connectivity index (χ4n) is 3.87. The van der Waals surface area contributed by atoms with Gasteiger partial charge in [-0.3, -0.25) is 0 Å². The molecule has 1 aliphatic rings. The summed E-state index contributed by atoms with van der Waals surface area (Å²) < 4.78 is 0. The van der Waals surface area contributed by atoms with Crippen molar-refractivity contribution < 1.29 is 316 Å². The molecule has 0 heterocycles. The topological polar surface area (TPSA) is 321 Å². The monoisotopic (exact) mass is 598 g/mol. The molecule has 16 nitrogen and oxygen atoms in total. The van der Waals surface area contributed by atoms with Gasteiger partial charge in [0.05, 0.1) is 52.1 Å². The Bertz CT molecular complexity index is 807. The molecule has 24 heteroatoms. The van der Waals surface area contributed by atoms with E-state index < -0.39 is 75.8 Å². The minimum absolute atomic E-state index is 0. The van der Waals surface area contributed by atoms with E-state index in [1.165, 1.54) is 0 Å². The molecule has 2 atom stereocenters. The van der Waals surface area contributed by atoms with Crippen LogP contribution in [0.4, 0.5) is 0 Å². The summed E-state index contributed by atoms with van der Waals surface area (Å²) in [6.07, 6.45) is 0. The Morgan fingerprint density at radius 3 is 0.595 bits per heavy atom. The Kier molecular flexibility index (Phi) is 36.2. The minimum Gasteiger partial charge on any atom is -0.550 e. The molecule has 0 aromatic carbocycles. The molecule has 2 unspecified atom stereocenters. The first kappa shape index (κ1) is 60.0. The molecule has 0 aromatic heterocycles. The number of hydrogen-bond donors (Lipinski definition) is 0. The van der Waals surface area contributed by atoms with Crippen LogP contribution in [-0.4, -0.2) is 47.8 Å². The number of hydrogen-bond acceptors (Lipinski definition) is 16. The summed E-state index contributed by atoms with van der Waals surface area (Å²) in [7, 11) is 0. The molecule has 0 aromatic rings. The van der Waals surface area contributed by atoms with Crippen LogP contribution in [0.3, 0.4) is 0 Å². The largest absolute Gasteiger partial charge is 1.00 e. The molecule has 37 heavy (non-hydrogen) atoms. The molecule has 0 radical (unpaired) electrons. The predicted octanol–water partition coefficient (Wildman–Crippen LogP) is -37.8. The zero-order valence-electron chi connectivity index (χ0n) is 21.2. The van der Waals surface area contributed by atoms with E-state index in [-0.39, 0.29) is 236 Å². The second-order valence-electron chi connectivity index (χ2n) is 5.71. The Morgan fingerprint density at radius 2 is 0.514 bits per heavy atom. The first-order valence-electron chi connectivity index (χ1n) is 6.75. The van der Waals surface area contributed by atoms with E-state index in [9.17, 15) is 79.2 Å². The Hall–Kier alpha value is 3.76. The second-order valence-corrected chi connectivity index (χ2v) is 5.71. The molecular formula is C13H2Na8O16. The fourth-order valence-corrected chi connectivity index (χ4v) is 3.87. The van der Waals surface area contributed by atoms with Gasteiger partial charge in [0.25, 0.3) is 0 Å². The molecule has 1 aliphatic carbocycles. The van der Waals surface area contributed by atoms with E-state index in [1.807, 2.05) is 0 Å². The third kappa shape index (κ3) is 8.69. The summed E-state index contributed by atoms with van der Waals surface area (Å²) in [5, 5.41) is 92.1. The zero-order chi connectivity index (χ0) is 23.3. The summed E-state index contributed by atoms with van der Waals surface area (Å²) in [5.41, 5.74) is -15.6. The third-order valence-corrected chi connectivity index (χ3v) is 4.83. The van der Waals surface area contributed by atoms with Gasteiger partial charge in [0.2, 0.25) is 0 Å². The molecule has 0 bridgehead atoms. The fraction of sp³-hybridized carbons (Fsp3) is 0.385. The van der Waals surface area contributed by atoms with Gasteiger partial charge in [0.15, 0.2) is 0 Å². The average Bonchev–Trinajstić information content (AvgIpc) is 2.81. The summed E-state index contributed by atoms with van der Waals surface area (Å²) in [5.74, 6) is -36.8. The van der Waals surface area contributed by atoms with Crippen molar-refractivity contribution in [1.29, 1.82) is 0 Å². The molecule has 1 saturated carbocycles. The predicted molar refractivity (Wildman–Crippen MR) is 54.3 cm³/mol. The second kappa shape index (κ2) is 22.3.